The number of carbonyl (C=O) groups excluding carboxylic acids is 3. The maximum atomic E-state index is 13.0. The van der Waals surface area contributed by atoms with Gasteiger partial charge in [-0.25, -0.2) is 0 Å². The Morgan fingerprint density at radius 3 is 1.57 bits per heavy atom. The van der Waals surface area contributed by atoms with E-state index in [0.717, 1.165) is 30.4 Å². The Morgan fingerprint density at radius 1 is 0.675 bits per heavy atom. The summed E-state index contributed by atoms with van der Waals surface area (Å²) in [6.45, 7) is 4.17. The van der Waals surface area contributed by atoms with Crippen LogP contribution in [0, 0.1) is 0 Å². The molecule has 0 saturated carbocycles. The average Bonchev–Trinajstić information content (AvgIpc) is 2.96. The van der Waals surface area contributed by atoms with Crippen molar-refractivity contribution in [2.75, 3.05) is 26.2 Å². The molecule has 0 aliphatic heterocycles. The first kappa shape index (κ1) is 33.0. The molecule has 8 nitrogen and oxygen atoms in total. The molecule has 2 atom stereocenters. The van der Waals surface area contributed by atoms with E-state index >= 15 is 0 Å². The molecule has 0 aliphatic carbocycles. The molecule has 40 heavy (non-hydrogen) atoms. The maximum Gasteiger partial charge on any atom is 0.237 e. The summed E-state index contributed by atoms with van der Waals surface area (Å²) in [4.78, 5) is 39.7. The molecular formula is C32H49N5O3. The summed E-state index contributed by atoms with van der Waals surface area (Å²) in [5, 5.41) is 5.81. The van der Waals surface area contributed by atoms with Gasteiger partial charge >= 0.3 is 0 Å². The van der Waals surface area contributed by atoms with E-state index in [0.29, 0.717) is 58.3 Å². The molecule has 220 valence electrons. The monoisotopic (exact) mass is 551 g/mol. The lowest BCUT2D eigenvalue weighted by atomic mass is 10.1. The smallest absolute Gasteiger partial charge is 0.237 e. The highest BCUT2D eigenvalue weighted by molar-refractivity contribution is 5.82. The van der Waals surface area contributed by atoms with Crippen LogP contribution in [-0.4, -0.2) is 60.9 Å². The molecule has 3 amide bonds. The van der Waals surface area contributed by atoms with Crippen molar-refractivity contribution >= 4 is 17.7 Å². The first-order chi connectivity index (χ1) is 19.4. The van der Waals surface area contributed by atoms with Crippen molar-refractivity contribution in [3.05, 3.63) is 71.8 Å². The fraction of sp³-hybridized carbons (Fsp3) is 0.531. The van der Waals surface area contributed by atoms with Gasteiger partial charge in [-0.2, -0.15) is 0 Å². The number of benzene rings is 2. The third-order valence-electron chi connectivity index (χ3n) is 6.93. The Labute approximate surface area is 240 Å². The van der Waals surface area contributed by atoms with Crippen molar-refractivity contribution in [2.24, 2.45) is 11.5 Å². The Hall–Kier alpha value is -3.23. The van der Waals surface area contributed by atoms with Gasteiger partial charge in [0, 0.05) is 32.6 Å². The zero-order chi connectivity index (χ0) is 29.0. The molecule has 8 heteroatoms. The minimum Gasteiger partial charge on any atom is -0.355 e. The largest absolute Gasteiger partial charge is 0.355 e. The van der Waals surface area contributed by atoms with E-state index in [1.165, 1.54) is 12.8 Å². The van der Waals surface area contributed by atoms with Gasteiger partial charge in [0.1, 0.15) is 0 Å². The number of amides is 3. The van der Waals surface area contributed by atoms with Gasteiger partial charge < -0.3 is 27.0 Å². The number of nitrogens with zero attached hydrogens (tertiary/aromatic N) is 1. The van der Waals surface area contributed by atoms with Gasteiger partial charge in [0.2, 0.25) is 17.7 Å². The standard InChI is InChI=1S/C32H49N5O3/c1-2-3-4-5-12-19-30(38)37(22-13-20-35-31(39)28(33)24-26-15-8-6-9-16-26)23-14-21-36-32(40)29(34)25-27-17-10-7-11-18-27/h6-11,15-18,28-29H,2-5,12-14,19-25,33-34H2,1H3,(H,35,39)(H,36,40)/t28-,29-/m1/s1. The summed E-state index contributed by atoms with van der Waals surface area (Å²) in [7, 11) is 0. The van der Waals surface area contributed by atoms with Crippen molar-refractivity contribution < 1.29 is 14.4 Å². The van der Waals surface area contributed by atoms with E-state index in [9.17, 15) is 14.4 Å². The van der Waals surface area contributed by atoms with Gasteiger partial charge in [-0.3, -0.25) is 14.4 Å². The van der Waals surface area contributed by atoms with Crippen molar-refractivity contribution in [1.29, 1.82) is 0 Å². The number of nitrogens with one attached hydrogen (secondary N) is 2. The number of unbranched alkanes of at least 4 members (excludes halogenated alkanes) is 4. The summed E-state index contributed by atoms with van der Waals surface area (Å²) in [6.07, 6.45) is 8.20. The van der Waals surface area contributed by atoms with Crippen molar-refractivity contribution in [3.63, 3.8) is 0 Å². The third kappa shape index (κ3) is 13.7. The summed E-state index contributed by atoms with van der Waals surface area (Å²) in [5.41, 5.74) is 14.2. The second kappa shape index (κ2) is 19.8. The topological polar surface area (TPSA) is 131 Å². The third-order valence-corrected chi connectivity index (χ3v) is 6.93. The van der Waals surface area contributed by atoms with Crippen LogP contribution in [0.25, 0.3) is 0 Å². The zero-order valence-corrected chi connectivity index (χ0v) is 24.2. The van der Waals surface area contributed by atoms with Crippen LogP contribution in [0.2, 0.25) is 0 Å². The fourth-order valence-corrected chi connectivity index (χ4v) is 4.55. The number of hydrogen-bond acceptors (Lipinski definition) is 5. The van der Waals surface area contributed by atoms with Gasteiger partial charge in [0.15, 0.2) is 0 Å². The summed E-state index contributed by atoms with van der Waals surface area (Å²) in [5.74, 6) is -0.255. The zero-order valence-electron chi connectivity index (χ0n) is 24.2. The van der Waals surface area contributed by atoms with E-state index in [1.54, 1.807) is 0 Å². The van der Waals surface area contributed by atoms with E-state index in [2.05, 4.69) is 17.6 Å². The molecule has 2 rings (SSSR count). The van der Waals surface area contributed by atoms with Crippen LogP contribution in [-0.2, 0) is 27.2 Å². The molecule has 0 fully saturated rings. The van der Waals surface area contributed by atoms with Crippen LogP contribution in [0.4, 0.5) is 0 Å². The molecule has 0 unspecified atom stereocenters. The fourth-order valence-electron chi connectivity index (χ4n) is 4.55. The summed E-state index contributed by atoms with van der Waals surface area (Å²) in [6, 6.07) is 18.2. The lowest BCUT2D eigenvalue weighted by Gasteiger charge is -2.23. The number of rotatable bonds is 20. The molecule has 0 heterocycles. The highest BCUT2D eigenvalue weighted by Crippen LogP contribution is 2.08. The quantitative estimate of drug-likeness (QED) is 0.188. The Bertz CT molecular complexity index is 919. The second-order valence-corrected chi connectivity index (χ2v) is 10.4. The minimum absolute atomic E-state index is 0.121. The SMILES string of the molecule is CCCCCCCC(=O)N(CCCNC(=O)[C@H](N)Cc1ccccc1)CCCNC(=O)[C@H](N)Cc1ccccc1. The van der Waals surface area contributed by atoms with Crippen molar-refractivity contribution in [3.8, 4) is 0 Å². The van der Waals surface area contributed by atoms with Crippen LogP contribution < -0.4 is 22.1 Å². The Morgan fingerprint density at radius 2 is 1.12 bits per heavy atom. The molecule has 0 spiro atoms. The van der Waals surface area contributed by atoms with Crippen molar-refractivity contribution in [1.82, 2.24) is 15.5 Å². The van der Waals surface area contributed by atoms with E-state index in [4.69, 9.17) is 11.5 Å². The molecule has 6 N–H and O–H groups in total. The van der Waals surface area contributed by atoms with Crippen LogP contribution in [0.5, 0.6) is 0 Å². The first-order valence-electron chi connectivity index (χ1n) is 14.8. The van der Waals surface area contributed by atoms with Gasteiger partial charge in [-0.05, 0) is 43.2 Å². The predicted molar refractivity (Wildman–Crippen MR) is 161 cm³/mol. The number of nitrogens with two attached hydrogens (primary N) is 2. The molecule has 0 bridgehead atoms. The summed E-state index contributed by atoms with van der Waals surface area (Å²) < 4.78 is 0. The van der Waals surface area contributed by atoms with Gasteiger partial charge in [-0.15, -0.1) is 0 Å². The molecule has 0 saturated heterocycles. The van der Waals surface area contributed by atoms with Crippen LogP contribution in [0.15, 0.2) is 60.7 Å². The van der Waals surface area contributed by atoms with Crippen LogP contribution >= 0.6 is 0 Å². The number of carbonyl (C=O) groups is 3. The molecule has 0 radical (unpaired) electrons. The normalized spacial score (nSPS) is 12.4. The molecule has 2 aromatic carbocycles. The Kier molecular flexibility index (Phi) is 16.3. The minimum atomic E-state index is -0.611. The molecule has 0 aromatic heterocycles. The molecule has 0 aliphatic rings. The highest BCUT2D eigenvalue weighted by atomic mass is 16.2. The van der Waals surface area contributed by atoms with E-state index < -0.39 is 12.1 Å². The van der Waals surface area contributed by atoms with E-state index in [1.807, 2.05) is 65.6 Å². The second-order valence-electron chi connectivity index (χ2n) is 10.4. The lowest BCUT2D eigenvalue weighted by Crippen LogP contribution is -2.44. The Balaban J connectivity index is 1.75. The van der Waals surface area contributed by atoms with Crippen LogP contribution in [0.3, 0.4) is 0 Å². The van der Waals surface area contributed by atoms with Gasteiger partial charge in [-0.1, -0.05) is 93.3 Å². The van der Waals surface area contributed by atoms with Crippen LogP contribution in [0.1, 0.15) is 69.4 Å². The maximum absolute atomic E-state index is 13.0. The van der Waals surface area contributed by atoms with Crippen molar-refractivity contribution in [2.45, 2.75) is 83.2 Å². The predicted octanol–water partition coefficient (Wildman–Crippen LogP) is 3.33. The van der Waals surface area contributed by atoms with Gasteiger partial charge in [0.25, 0.3) is 0 Å². The molecule has 2 aromatic rings. The highest BCUT2D eigenvalue weighted by Gasteiger charge is 2.17. The average molecular weight is 552 g/mol. The number of hydrogen-bond donors (Lipinski definition) is 4. The molecular weight excluding hydrogens is 502 g/mol. The first-order valence-corrected chi connectivity index (χ1v) is 14.8. The van der Waals surface area contributed by atoms with Gasteiger partial charge in [0.05, 0.1) is 12.1 Å². The van der Waals surface area contributed by atoms with E-state index in [-0.39, 0.29) is 17.7 Å². The lowest BCUT2D eigenvalue weighted by molar-refractivity contribution is -0.131. The summed E-state index contributed by atoms with van der Waals surface area (Å²) >= 11 is 0.